The normalized spacial score (nSPS) is 10.8. The first-order chi connectivity index (χ1) is 5.54. The Labute approximate surface area is 76.5 Å². The average Bonchev–Trinajstić information content (AvgIpc) is 1.97. The van der Waals surface area contributed by atoms with Gasteiger partial charge < -0.3 is 0 Å². The molecule has 0 N–H and O–H groups in total. The molecule has 0 fully saturated rings. The molecule has 0 saturated heterocycles. The topological polar surface area (TPSA) is 0 Å². The zero-order valence-corrected chi connectivity index (χ0v) is 7.83. The molecule has 0 heterocycles. The summed E-state index contributed by atoms with van der Waals surface area (Å²) in [5.41, 5.74) is -0.255. The summed E-state index contributed by atoms with van der Waals surface area (Å²) in [7, 11) is 0. The molecule has 0 nitrogen and oxygen atoms in total. The highest BCUT2D eigenvalue weighted by Gasteiger charge is 2.17. The maximum absolute atomic E-state index is 13.0. The first-order valence-electron chi connectivity index (χ1n) is 3.26. The molecule has 0 amide bonds. The van der Waals surface area contributed by atoms with Crippen LogP contribution >= 0.6 is 15.9 Å². The van der Waals surface area contributed by atoms with Crippen molar-refractivity contribution >= 4 is 15.9 Å². The Bertz CT molecular complexity index is 297. The van der Waals surface area contributed by atoms with E-state index < -0.39 is 17.8 Å². The van der Waals surface area contributed by atoms with Gasteiger partial charge >= 0.3 is 0 Å². The van der Waals surface area contributed by atoms with Crippen LogP contribution in [0.2, 0.25) is 0 Å². The molecule has 0 aromatic heterocycles. The predicted molar refractivity (Wildman–Crippen MR) is 43.8 cm³/mol. The Morgan fingerprint density at radius 1 is 1.33 bits per heavy atom. The molecule has 0 spiro atoms. The van der Waals surface area contributed by atoms with Gasteiger partial charge in [-0.05, 0) is 34.5 Å². The molecule has 0 atom stereocenters. The maximum Gasteiger partial charge on any atom is 0.266 e. The number of rotatable bonds is 1. The molecule has 0 aliphatic rings. The summed E-state index contributed by atoms with van der Waals surface area (Å²) in [5, 5.41) is 0. The van der Waals surface area contributed by atoms with E-state index in [1.54, 1.807) is 0 Å². The second-order valence-corrected chi connectivity index (χ2v) is 3.25. The van der Waals surface area contributed by atoms with Gasteiger partial charge in [-0.15, -0.1) is 0 Å². The molecular formula is C8H6BrF3. The van der Waals surface area contributed by atoms with E-state index in [0.29, 0.717) is 0 Å². The van der Waals surface area contributed by atoms with Crippen molar-refractivity contribution in [1.29, 1.82) is 0 Å². The van der Waals surface area contributed by atoms with E-state index in [4.69, 9.17) is 0 Å². The van der Waals surface area contributed by atoms with Gasteiger partial charge in [0.05, 0.1) is 10.0 Å². The van der Waals surface area contributed by atoms with Gasteiger partial charge in [-0.2, -0.15) is 0 Å². The zero-order chi connectivity index (χ0) is 9.30. The molecule has 0 bridgehead atoms. The fraction of sp³-hybridized carbons (Fsp3) is 0.250. The molecule has 1 aromatic rings. The molecule has 0 aliphatic heterocycles. The third kappa shape index (κ3) is 1.63. The summed E-state index contributed by atoms with van der Waals surface area (Å²) < 4.78 is 37.5. The smallest absolute Gasteiger partial charge is 0.205 e. The van der Waals surface area contributed by atoms with E-state index in [1.807, 2.05) is 0 Å². The van der Waals surface area contributed by atoms with Crippen LogP contribution in [0, 0.1) is 12.7 Å². The summed E-state index contributed by atoms with van der Waals surface area (Å²) in [6.07, 6.45) is -2.76. The lowest BCUT2D eigenvalue weighted by atomic mass is 10.1. The molecular weight excluding hydrogens is 233 g/mol. The van der Waals surface area contributed by atoms with Gasteiger partial charge in [0.25, 0.3) is 6.43 Å². The number of alkyl halides is 2. The van der Waals surface area contributed by atoms with Gasteiger partial charge in [0.1, 0.15) is 5.82 Å². The lowest BCUT2D eigenvalue weighted by Gasteiger charge is -2.06. The Hall–Kier alpha value is -0.510. The van der Waals surface area contributed by atoms with E-state index in [2.05, 4.69) is 15.9 Å². The molecule has 1 rings (SSSR count). The minimum absolute atomic E-state index is 0.0726. The maximum atomic E-state index is 13.0. The molecule has 1 aromatic carbocycles. The summed E-state index contributed by atoms with van der Waals surface area (Å²) in [6, 6.07) is 2.87. The Kier molecular flexibility index (Phi) is 2.77. The van der Waals surface area contributed by atoms with Crippen molar-refractivity contribution in [1.82, 2.24) is 0 Å². The fourth-order valence-electron chi connectivity index (χ4n) is 0.931. The van der Waals surface area contributed by atoms with Crippen LogP contribution in [0.4, 0.5) is 13.2 Å². The third-order valence-corrected chi connectivity index (χ3v) is 2.18. The van der Waals surface area contributed by atoms with Crippen molar-refractivity contribution in [2.75, 3.05) is 0 Å². The minimum atomic E-state index is -2.76. The van der Waals surface area contributed by atoms with Crippen LogP contribution in [0.5, 0.6) is 0 Å². The lowest BCUT2D eigenvalue weighted by Crippen LogP contribution is -1.95. The fourth-order valence-corrected chi connectivity index (χ4v) is 1.28. The quantitative estimate of drug-likeness (QED) is 0.698. The summed E-state index contributed by atoms with van der Waals surface area (Å²) >= 11 is 2.84. The summed E-state index contributed by atoms with van der Waals surface area (Å²) in [6.45, 7) is 1.46. The van der Waals surface area contributed by atoms with Gasteiger partial charge in [0, 0.05) is 0 Å². The summed E-state index contributed by atoms with van der Waals surface area (Å²) in [4.78, 5) is 0. The van der Waals surface area contributed by atoms with Crippen molar-refractivity contribution in [2.24, 2.45) is 0 Å². The van der Waals surface area contributed by atoms with Crippen LogP contribution in [0.15, 0.2) is 16.6 Å². The Balaban J connectivity index is 3.33. The highest BCUT2D eigenvalue weighted by molar-refractivity contribution is 9.10. The molecule has 0 aliphatic carbocycles. The van der Waals surface area contributed by atoms with Crippen molar-refractivity contribution in [3.63, 3.8) is 0 Å². The SMILES string of the molecule is Cc1ccc(Br)c(F)c1C(F)F. The molecule has 0 unspecified atom stereocenters. The third-order valence-electron chi connectivity index (χ3n) is 1.57. The molecule has 0 saturated carbocycles. The van der Waals surface area contributed by atoms with Crippen LogP contribution in [-0.4, -0.2) is 0 Å². The monoisotopic (exact) mass is 238 g/mol. The van der Waals surface area contributed by atoms with Gasteiger partial charge in [-0.3, -0.25) is 0 Å². The lowest BCUT2D eigenvalue weighted by molar-refractivity contribution is 0.145. The van der Waals surface area contributed by atoms with E-state index in [-0.39, 0.29) is 10.0 Å². The van der Waals surface area contributed by atoms with Gasteiger partial charge in [-0.1, -0.05) is 6.07 Å². The van der Waals surface area contributed by atoms with E-state index >= 15 is 0 Å². The number of benzene rings is 1. The van der Waals surface area contributed by atoms with Crippen molar-refractivity contribution in [3.8, 4) is 0 Å². The first kappa shape index (κ1) is 9.58. The second-order valence-electron chi connectivity index (χ2n) is 2.39. The number of hydrogen-bond donors (Lipinski definition) is 0. The van der Waals surface area contributed by atoms with Crippen molar-refractivity contribution in [2.45, 2.75) is 13.3 Å². The standard InChI is InChI=1S/C8H6BrF3/c1-4-2-3-5(9)7(10)6(4)8(11)12/h2-3,8H,1H3. The van der Waals surface area contributed by atoms with E-state index in [0.717, 1.165) is 0 Å². The number of halogens is 4. The zero-order valence-electron chi connectivity index (χ0n) is 6.24. The Morgan fingerprint density at radius 3 is 2.33 bits per heavy atom. The highest BCUT2D eigenvalue weighted by Crippen LogP contribution is 2.29. The van der Waals surface area contributed by atoms with E-state index in [1.165, 1.54) is 19.1 Å². The van der Waals surface area contributed by atoms with Crippen LogP contribution in [-0.2, 0) is 0 Å². The molecule has 66 valence electrons. The predicted octanol–water partition coefficient (Wildman–Crippen LogP) is 3.83. The van der Waals surface area contributed by atoms with Gasteiger partial charge in [-0.25, -0.2) is 13.2 Å². The van der Waals surface area contributed by atoms with Crippen LogP contribution in [0.1, 0.15) is 17.6 Å². The minimum Gasteiger partial charge on any atom is -0.205 e. The van der Waals surface area contributed by atoms with Crippen molar-refractivity contribution in [3.05, 3.63) is 33.5 Å². The second kappa shape index (κ2) is 3.47. The molecule has 12 heavy (non-hydrogen) atoms. The molecule has 0 radical (unpaired) electrons. The number of aryl methyl sites for hydroxylation is 1. The summed E-state index contributed by atoms with van der Waals surface area (Å²) in [5.74, 6) is -0.870. The average molecular weight is 239 g/mol. The van der Waals surface area contributed by atoms with Crippen LogP contribution in [0.25, 0.3) is 0 Å². The molecule has 4 heteroatoms. The van der Waals surface area contributed by atoms with Crippen LogP contribution in [0.3, 0.4) is 0 Å². The number of hydrogen-bond acceptors (Lipinski definition) is 0. The highest BCUT2D eigenvalue weighted by atomic mass is 79.9. The first-order valence-corrected chi connectivity index (χ1v) is 4.06. The van der Waals surface area contributed by atoms with Crippen molar-refractivity contribution < 1.29 is 13.2 Å². The van der Waals surface area contributed by atoms with Gasteiger partial charge in [0.2, 0.25) is 0 Å². The van der Waals surface area contributed by atoms with Crippen LogP contribution < -0.4 is 0 Å². The largest absolute Gasteiger partial charge is 0.266 e. The van der Waals surface area contributed by atoms with Gasteiger partial charge in [0.15, 0.2) is 0 Å². The van der Waals surface area contributed by atoms with E-state index in [9.17, 15) is 13.2 Å². The Morgan fingerprint density at radius 2 is 1.92 bits per heavy atom.